The molecule has 0 unspecified atom stereocenters. The number of nitrogens with two attached hydrogens (primary N) is 1. The highest BCUT2D eigenvalue weighted by Crippen LogP contribution is 2.26. The first kappa shape index (κ1) is 11.4. The SMILES string of the molecule is CSSc1ccc(CC(=O)NN)cn1. The molecule has 76 valence electrons. The van der Waals surface area contributed by atoms with Crippen molar-refractivity contribution < 1.29 is 4.79 Å². The van der Waals surface area contributed by atoms with Crippen molar-refractivity contribution in [2.75, 3.05) is 6.26 Å². The molecular formula is C8H11N3OS2. The summed E-state index contributed by atoms with van der Waals surface area (Å²) in [6.07, 6.45) is 3.95. The molecule has 1 rings (SSSR count). The Bertz CT molecular complexity index is 302. The van der Waals surface area contributed by atoms with E-state index in [2.05, 4.69) is 10.4 Å². The minimum atomic E-state index is -0.211. The number of amides is 1. The standard InChI is InChI=1S/C8H11N3OS2/c1-13-14-8-3-2-6(5-10-8)4-7(12)11-9/h2-3,5H,4,9H2,1H3,(H,11,12). The summed E-state index contributed by atoms with van der Waals surface area (Å²) in [5, 5.41) is 0.939. The second-order valence-electron chi connectivity index (χ2n) is 2.50. The van der Waals surface area contributed by atoms with Crippen LogP contribution in [0.1, 0.15) is 5.56 Å². The fourth-order valence-electron chi connectivity index (χ4n) is 0.887. The molecule has 3 N–H and O–H groups in total. The molecule has 0 bridgehead atoms. The Labute approximate surface area is 90.4 Å². The highest BCUT2D eigenvalue weighted by atomic mass is 33.1. The average Bonchev–Trinajstić information content (AvgIpc) is 2.21. The van der Waals surface area contributed by atoms with Crippen LogP contribution >= 0.6 is 21.6 Å². The highest BCUT2D eigenvalue weighted by Gasteiger charge is 2.01. The summed E-state index contributed by atoms with van der Waals surface area (Å²) in [6, 6.07) is 3.76. The van der Waals surface area contributed by atoms with Gasteiger partial charge in [0.15, 0.2) is 0 Å². The average molecular weight is 229 g/mol. The molecular weight excluding hydrogens is 218 g/mol. The summed E-state index contributed by atoms with van der Waals surface area (Å²) < 4.78 is 0. The third-order valence-corrected chi connectivity index (χ3v) is 3.08. The van der Waals surface area contributed by atoms with Crippen LogP contribution in [0.15, 0.2) is 23.4 Å². The van der Waals surface area contributed by atoms with Crippen molar-refractivity contribution in [1.82, 2.24) is 10.4 Å². The number of aromatic nitrogens is 1. The number of hydrazine groups is 1. The summed E-state index contributed by atoms with van der Waals surface area (Å²) in [4.78, 5) is 15.1. The Balaban J connectivity index is 2.59. The number of rotatable bonds is 4. The summed E-state index contributed by atoms with van der Waals surface area (Å²) in [7, 11) is 3.22. The first-order chi connectivity index (χ1) is 6.76. The zero-order valence-electron chi connectivity index (χ0n) is 7.69. The molecule has 0 aliphatic carbocycles. The fraction of sp³-hybridized carbons (Fsp3) is 0.250. The monoisotopic (exact) mass is 229 g/mol. The van der Waals surface area contributed by atoms with Crippen LogP contribution in [-0.2, 0) is 11.2 Å². The van der Waals surface area contributed by atoms with E-state index in [-0.39, 0.29) is 12.3 Å². The second-order valence-corrected chi connectivity index (χ2v) is 4.92. The van der Waals surface area contributed by atoms with Crippen molar-refractivity contribution in [3.8, 4) is 0 Å². The van der Waals surface area contributed by atoms with E-state index >= 15 is 0 Å². The van der Waals surface area contributed by atoms with Gasteiger partial charge in [-0.15, -0.1) is 0 Å². The van der Waals surface area contributed by atoms with Gasteiger partial charge in [-0.25, -0.2) is 10.8 Å². The van der Waals surface area contributed by atoms with Gasteiger partial charge in [0.05, 0.1) is 6.42 Å². The van der Waals surface area contributed by atoms with E-state index in [0.717, 1.165) is 10.6 Å². The number of nitrogens with zero attached hydrogens (tertiary/aromatic N) is 1. The van der Waals surface area contributed by atoms with Crippen LogP contribution in [0.25, 0.3) is 0 Å². The van der Waals surface area contributed by atoms with E-state index in [4.69, 9.17) is 5.84 Å². The summed E-state index contributed by atoms with van der Waals surface area (Å²) >= 11 is 0. The Morgan fingerprint density at radius 2 is 2.43 bits per heavy atom. The third-order valence-electron chi connectivity index (χ3n) is 1.49. The van der Waals surface area contributed by atoms with E-state index in [1.165, 1.54) is 0 Å². The van der Waals surface area contributed by atoms with Crippen LogP contribution in [0.5, 0.6) is 0 Å². The first-order valence-corrected chi connectivity index (χ1v) is 6.47. The Morgan fingerprint density at radius 1 is 1.64 bits per heavy atom. The topological polar surface area (TPSA) is 68.0 Å². The smallest absolute Gasteiger partial charge is 0.238 e. The maximum absolute atomic E-state index is 10.9. The molecule has 4 nitrogen and oxygen atoms in total. The lowest BCUT2D eigenvalue weighted by atomic mass is 10.2. The lowest BCUT2D eigenvalue weighted by Crippen LogP contribution is -2.31. The number of nitrogens with one attached hydrogen (secondary N) is 1. The zero-order chi connectivity index (χ0) is 10.4. The molecule has 0 fully saturated rings. The maximum atomic E-state index is 10.9. The Morgan fingerprint density at radius 3 is 2.93 bits per heavy atom. The molecule has 0 radical (unpaired) electrons. The lowest BCUT2D eigenvalue weighted by Gasteiger charge is -2.00. The molecule has 0 aliphatic heterocycles. The van der Waals surface area contributed by atoms with E-state index < -0.39 is 0 Å². The molecule has 0 saturated carbocycles. The second kappa shape index (κ2) is 5.90. The molecule has 14 heavy (non-hydrogen) atoms. The van der Waals surface area contributed by atoms with Crippen LogP contribution in [0.2, 0.25) is 0 Å². The van der Waals surface area contributed by atoms with Gasteiger partial charge in [-0.2, -0.15) is 0 Å². The maximum Gasteiger partial charge on any atom is 0.238 e. The molecule has 1 aromatic heterocycles. The van der Waals surface area contributed by atoms with Gasteiger partial charge in [0.2, 0.25) is 5.91 Å². The van der Waals surface area contributed by atoms with Crippen molar-refractivity contribution in [3.05, 3.63) is 23.9 Å². The number of hydrogen-bond acceptors (Lipinski definition) is 5. The van der Waals surface area contributed by atoms with E-state index in [0.29, 0.717) is 0 Å². The van der Waals surface area contributed by atoms with Gasteiger partial charge in [-0.1, -0.05) is 16.9 Å². The van der Waals surface area contributed by atoms with Crippen LogP contribution < -0.4 is 11.3 Å². The van der Waals surface area contributed by atoms with Crippen molar-refractivity contribution in [1.29, 1.82) is 0 Å². The molecule has 1 aromatic rings. The van der Waals surface area contributed by atoms with Crippen molar-refractivity contribution in [2.24, 2.45) is 5.84 Å². The molecule has 0 aliphatic rings. The number of carbonyl (C=O) groups is 1. The van der Waals surface area contributed by atoms with Gasteiger partial charge < -0.3 is 0 Å². The number of pyridine rings is 1. The quantitative estimate of drug-likeness (QED) is 0.349. The van der Waals surface area contributed by atoms with Crippen molar-refractivity contribution in [3.63, 3.8) is 0 Å². The van der Waals surface area contributed by atoms with Gasteiger partial charge >= 0.3 is 0 Å². The third kappa shape index (κ3) is 3.57. The van der Waals surface area contributed by atoms with Crippen molar-refractivity contribution >= 4 is 27.5 Å². The largest absolute Gasteiger partial charge is 0.294 e. The number of carbonyl (C=O) groups excluding carboxylic acids is 1. The lowest BCUT2D eigenvalue weighted by molar-refractivity contribution is -0.120. The van der Waals surface area contributed by atoms with E-state index in [1.807, 2.05) is 18.4 Å². The van der Waals surface area contributed by atoms with E-state index in [1.54, 1.807) is 27.8 Å². The predicted molar refractivity (Wildman–Crippen MR) is 59.6 cm³/mol. The van der Waals surface area contributed by atoms with Gasteiger partial charge in [-0.05, 0) is 28.7 Å². The number of hydrogen-bond donors (Lipinski definition) is 2. The highest BCUT2D eigenvalue weighted by molar-refractivity contribution is 8.76. The van der Waals surface area contributed by atoms with Gasteiger partial charge in [0.1, 0.15) is 5.03 Å². The van der Waals surface area contributed by atoms with Crippen LogP contribution in [0, 0.1) is 0 Å². The molecule has 1 heterocycles. The molecule has 6 heteroatoms. The Hall–Kier alpha value is -0.720. The van der Waals surface area contributed by atoms with Crippen molar-refractivity contribution in [2.45, 2.75) is 11.4 Å². The fourth-order valence-corrected chi connectivity index (χ4v) is 2.08. The van der Waals surface area contributed by atoms with Crippen LogP contribution in [0.4, 0.5) is 0 Å². The normalized spacial score (nSPS) is 9.86. The molecule has 0 atom stereocenters. The van der Waals surface area contributed by atoms with Gasteiger partial charge in [-0.3, -0.25) is 10.2 Å². The van der Waals surface area contributed by atoms with Gasteiger partial charge in [0, 0.05) is 6.20 Å². The molecule has 0 spiro atoms. The predicted octanol–water partition coefficient (Wildman–Crippen LogP) is 0.984. The summed E-state index contributed by atoms with van der Waals surface area (Å²) in [5.74, 6) is 4.76. The molecule has 0 aromatic carbocycles. The minimum absolute atomic E-state index is 0.211. The molecule has 0 saturated heterocycles. The summed E-state index contributed by atoms with van der Waals surface area (Å²) in [6.45, 7) is 0. The first-order valence-electron chi connectivity index (χ1n) is 3.91. The minimum Gasteiger partial charge on any atom is -0.294 e. The Kier molecular flexibility index (Phi) is 4.78. The summed E-state index contributed by atoms with van der Waals surface area (Å²) in [5.41, 5.74) is 2.94. The van der Waals surface area contributed by atoms with Gasteiger partial charge in [0.25, 0.3) is 0 Å². The molecule has 1 amide bonds. The zero-order valence-corrected chi connectivity index (χ0v) is 9.32. The van der Waals surface area contributed by atoms with E-state index in [9.17, 15) is 4.79 Å². The van der Waals surface area contributed by atoms with Crippen LogP contribution in [0.3, 0.4) is 0 Å². The van der Waals surface area contributed by atoms with Crippen LogP contribution in [-0.4, -0.2) is 17.1 Å².